The van der Waals surface area contributed by atoms with Gasteiger partial charge in [0.05, 0.1) is 0 Å². The van der Waals surface area contributed by atoms with Gasteiger partial charge in [0.15, 0.2) is 5.96 Å². The zero-order chi connectivity index (χ0) is 13.4. The van der Waals surface area contributed by atoms with Gasteiger partial charge in [-0.3, -0.25) is 4.99 Å². The molecule has 114 valence electrons. The highest BCUT2D eigenvalue weighted by Crippen LogP contribution is 2.28. The van der Waals surface area contributed by atoms with Gasteiger partial charge in [0, 0.05) is 32.3 Å². The fourth-order valence-electron chi connectivity index (χ4n) is 1.70. The van der Waals surface area contributed by atoms with Crippen LogP contribution in [0.3, 0.4) is 0 Å². The van der Waals surface area contributed by atoms with Gasteiger partial charge in [0.2, 0.25) is 0 Å². The molecule has 19 heavy (non-hydrogen) atoms. The third-order valence-electron chi connectivity index (χ3n) is 2.94. The quantitative estimate of drug-likeness (QED) is 0.293. The number of guanidine groups is 1. The Balaban J connectivity index is 0.00000324. The highest BCUT2D eigenvalue weighted by Gasteiger charge is 2.33. The zero-order valence-electron chi connectivity index (χ0n) is 12.7. The molecule has 2 atom stereocenters. The first-order valence-corrected chi connectivity index (χ1v) is 7.26. The van der Waals surface area contributed by atoms with E-state index in [0.29, 0.717) is 12.0 Å². The van der Waals surface area contributed by atoms with Crippen LogP contribution in [0.15, 0.2) is 4.99 Å². The number of nitrogens with zero attached hydrogens (tertiary/aromatic N) is 1. The first-order chi connectivity index (χ1) is 8.63. The second-order valence-electron chi connectivity index (χ2n) is 5.55. The van der Waals surface area contributed by atoms with E-state index >= 15 is 0 Å². The molecule has 2 N–H and O–H groups in total. The molecule has 0 aromatic rings. The van der Waals surface area contributed by atoms with E-state index in [1.165, 1.54) is 6.42 Å². The van der Waals surface area contributed by atoms with Crippen LogP contribution in [0.2, 0.25) is 0 Å². The molecule has 0 radical (unpaired) electrons. The lowest BCUT2D eigenvalue weighted by molar-refractivity contribution is 0.109. The standard InChI is InChI=1S/C14H29N3O.HI/c1-5-15-14(17-13-9-12(13)4)16-7-6-8-18-10-11(2)3;/h11-13H,5-10H2,1-4H3,(H2,15,16,17);1H. The highest BCUT2D eigenvalue weighted by molar-refractivity contribution is 14.0. The van der Waals surface area contributed by atoms with E-state index in [2.05, 4.69) is 43.3 Å². The van der Waals surface area contributed by atoms with E-state index in [0.717, 1.165) is 44.6 Å². The van der Waals surface area contributed by atoms with Gasteiger partial charge >= 0.3 is 0 Å². The van der Waals surface area contributed by atoms with E-state index in [1.54, 1.807) is 0 Å². The van der Waals surface area contributed by atoms with Crippen molar-refractivity contribution in [1.82, 2.24) is 10.6 Å². The summed E-state index contributed by atoms with van der Waals surface area (Å²) in [5.74, 6) is 2.36. The van der Waals surface area contributed by atoms with Gasteiger partial charge in [-0.05, 0) is 31.6 Å². The van der Waals surface area contributed by atoms with E-state index in [4.69, 9.17) is 4.74 Å². The Kier molecular flexibility index (Phi) is 10.7. The van der Waals surface area contributed by atoms with Crippen molar-refractivity contribution < 1.29 is 4.74 Å². The second kappa shape index (κ2) is 10.7. The summed E-state index contributed by atoms with van der Waals surface area (Å²) in [7, 11) is 0. The molecule has 1 aliphatic rings. The summed E-state index contributed by atoms with van der Waals surface area (Å²) in [6.07, 6.45) is 2.26. The third kappa shape index (κ3) is 9.49. The maximum atomic E-state index is 5.54. The summed E-state index contributed by atoms with van der Waals surface area (Å²) < 4.78 is 5.54. The molecule has 5 heteroatoms. The predicted octanol–water partition coefficient (Wildman–Crippen LogP) is 2.63. The normalized spacial score (nSPS) is 22.1. The second-order valence-corrected chi connectivity index (χ2v) is 5.55. The van der Waals surface area contributed by atoms with Crippen molar-refractivity contribution in [3.63, 3.8) is 0 Å². The monoisotopic (exact) mass is 383 g/mol. The van der Waals surface area contributed by atoms with Gasteiger partial charge in [0.25, 0.3) is 0 Å². The molecule has 0 saturated heterocycles. The summed E-state index contributed by atoms with van der Waals surface area (Å²) in [6.45, 7) is 12.1. The van der Waals surface area contributed by atoms with E-state index < -0.39 is 0 Å². The molecule has 0 bridgehead atoms. The fourth-order valence-corrected chi connectivity index (χ4v) is 1.70. The largest absolute Gasteiger partial charge is 0.381 e. The number of aliphatic imine (C=N–C) groups is 1. The Bertz CT molecular complexity index is 259. The predicted molar refractivity (Wildman–Crippen MR) is 92.4 cm³/mol. The number of hydrogen-bond donors (Lipinski definition) is 2. The van der Waals surface area contributed by atoms with Crippen LogP contribution in [-0.2, 0) is 4.74 Å². The van der Waals surface area contributed by atoms with Crippen LogP contribution in [0.1, 0.15) is 40.5 Å². The molecule has 0 heterocycles. The lowest BCUT2D eigenvalue weighted by Crippen LogP contribution is -2.39. The average molecular weight is 383 g/mol. The average Bonchev–Trinajstić information content (AvgIpc) is 2.99. The topological polar surface area (TPSA) is 45.7 Å². The first kappa shape index (κ1) is 19.0. The lowest BCUT2D eigenvalue weighted by Gasteiger charge is -2.11. The minimum atomic E-state index is 0. The Hall–Kier alpha value is -0.0400. The molecule has 2 unspecified atom stereocenters. The van der Waals surface area contributed by atoms with Crippen LogP contribution in [0.25, 0.3) is 0 Å². The number of halogens is 1. The number of rotatable bonds is 8. The molecular weight excluding hydrogens is 353 g/mol. The molecule has 0 aromatic carbocycles. The van der Waals surface area contributed by atoms with Crippen molar-refractivity contribution >= 4 is 29.9 Å². The molecule has 1 saturated carbocycles. The van der Waals surface area contributed by atoms with Crippen LogP contribution in [-0.4, -0.2) is 38.3 Å². The maximum Gasteiger partial charge on any atom is 0.191 e. The summed E-state index contributed by atoms with van der Waals surface area (Å²) >= 11 is 0. The maximum absolute atomic E-state index is 5.54. The van der Waals surface area contributed by atoms with E-state index in [-0.39, 0.29) is 24.0 Å². The van der Waals surface area contributed by atoms with Crippen molar-refractivity contribution in [2.75, 3.05) is 26.3 Å². The van der Waals surface area contributed by atoms with Gasteiger partial charge in [-0.15, -0.1) is 24.0 Å². The summed E-state index contributed by atoms with van der Waals surface area (Å²) in [5.41, 5.74) is 0. The number of hydrogen-bond acceptors (Lipinski definition) is 2. The van der Waals surface area contributed by atoms with Crippen molar-refractivity contribution in [2.24, 2.45) is 16.8 Å². The van der Waals surface area contributed by atoms with Gasteiger partial charge in [-0.2, -0.15) is 0 Å². The molecule has 0 aliphatic heterocycles. The smallest absolute Gasteiger partial charge is 0.191 e. The van der Waals surface area contributed by atoms with Gasteiger partial charge in [-0.1, -0.05) is 20.8 Å². The summed E-state index contributed by atoms with van der Waals surface area (Å²) in [4.78, 5) is 4.56. The van der Waals surface area contributed by atoms with Crippen molar-refractivity contribution in [3.8, 4) is 0 Å². The first-order valence-electron chi connectivity index (χ1n) is 7.26. The van der Waals surface area contributed by atoms with Crippen molar-refractivity contribution in [3.05, 3.63) is 0 Å². The minimum Gasteiger partial charge on any atom is -0.381 e. The minimum absolute atomic E-state index is 0. The summed E-state index contributed by atoms with van der Waals surface area (Å²) in [6, 6.07) is 0.625. The SMILES string of the molecule is CCNC(=NCCCOCC(C)C)NC1CC1C.I. The Labute approximate surface area is 135 Å². The molecule has 1 aliphatic carbocycles. The van der Waals surface area contributed by atoms with Gasteiger partial charge in [0.1, 0.15) is 0 Å². The Morgan fingerprint density at radius 2 is 2.11 bits per heavy atom. The fraction of sp³-hybridized carbons (Fsp3) is 0.929. The van der Waals surface area contributed by atoms with Crippen LogP contribution in [0, 0.1) is 11.8 Å². The Morgan fingerprint density at radius 3 is 2.63 bits per heavy atom. The molecular formula is C14H30IN3O. The lowest BCUT2D eigenvalue weighted by atomic mass is 10.2. The van der Waals surface area contributed by atoms with Gasteiger partial charge < -0.3 is 15.4 Å². The molecule has 0 amide bonds. The van der Waals surface area contributed by atoms with Crippen LogP contribution in [0.4, 0.5) is 0 Å². The molecule has 0 spiro atoms. The number of ether oxygens (including phenoxy) is 1. The molecule has 4 nitrogen and oxygen atoms in total. The highest BCUT2D eigenvalue weighted by atomic mass is 127. The molecule has 1 fully saturated rings. The summed E-state index contributed by atoms with van der Waals surface area (Å²) in [5, 5.41) is 6.73. The van der Waals surface area contributed by atoms with Gasteiger partial charge in [-0.25, -0.2) is 0 Å². The number of nitrogens with one attached hydrogen (secondary N) is 2. The van der Waals surface area contributed by atoms with Crippen LogP contribution < -0.4 is 10.6 Å². The van der Waals surface area contributed by atoms with Crippen molar-refractivity contribution in [1.29, 1.82) is 0 Å². The van der Waals surface area contributed by atoms with E-state index in [9.17, 15) is 0 Å². The van der Waals surface area contributed by atoms with Crippen LogP contribution in [0.5, 0.6) is 0 Å². The van der Waals surface area contributed by atoms with E-state index in [1.807, 2.05) is 0 Å². The van der Waals surface area contributed by atoms with Crippen molar-refractivity contribution in [2.45, 2.75) is 46.6 Å². The van der Waals surface area contributed by atoms with Crippen LogP contribution >= 0.6 is 24.0 Å². The molecule has 0 aromatic heterocycles. The third-order valence-corrected chi connectivity index (χ3v) is 2.94. The zero-order valence-corrected chi connectivity index (χ0v) is 15.1. The Morgan fingerprint density at radius 1 is 1.42 bits per heavy atom. The molecule has 1 rings (SSSR count).